The standard InChI is InChI=1S/C25H30N2O2/c1-24(2,3)19-14-18(15-20(16-19)25(4,5)6)23-27-26-22(29-23)13-10-17-8-11-21(28-7)12-9-17/h8-16H,1-7H3/b13-10+. The van der Waals surface area contributed by atoms with E-state index in [1.54, 1.807) is 7.11 Å². The molecule has 0 saturated carbocycles. The summed E-state index contributed by atoms with van der Waals surface area (Å²) in [4.78, 5) is 0. The van der Waals surface area contributed by atoms with Crippen LogP contribution < -0.4 is 4.74 Å². The van der Waals surface area contributed by atoms with Crippen molar-refractivity contribution in [2.75, 3.05) is 7.11 Å². The van der Waals surface area contributed by atoms with Gasteiger partial charge in [-0.25, -0.2) is 0 Å². The maximum absolute atomic E-state index is 5.94. The lowest BCUT2D eigenvalue weighted by atomic mass is 9.79. The first-order chi connectivity index (χ1) is 13.6. The minimum atomic E-state index is 0.0349. The number of methoxy groups -OCH3 is 1. The smallest absolute Gasteiger partial charge is 0.248 e. The lowest BCUT2D eigenvalue weighted by Gasteiger charge is -2.25. The zero-order chi connectivity index (χ0) is 21.2. The van der Waals surface area contributed by atoms with Crippen LogP contribution in [0.1, 0.15) is 64.1 Å². The third kappa shape index (κ3) is 5.14. The Morgan fingerprint density at radius 3 is 1.90 bits per heavy atom. The topological polar surface area (TPSA) is 48.2 Å². The maximum atomic E-state index is 5.94. The summed E-state index contributed by atoms with van der Waals surface area (Å²) in [5.74, 6) is 1.85. The molecule has 0 aliphatic rings. The van der Waals surface area contributed by atoms with Crippen molar-refractivity contribution in [3.8, 4) is 17.2 Å². The zero-order valence-electron chi connectivity index (χ0n) is 18.4. The van der Waals surface area contributed by atoms with E-state index in [4.69, 9.17) is 9.15 Å². The highest BCUT2D eigenvalue weighted by Crippen LogP contribution is 2.33. The van der Waals surface area contributed by atoms with Crippen LogP contribution >= 0.6 is 0 Å². The highest BCUT2D eigenvalue weighted by Gasteiger charge is 2.22. The molecule has 0 N–H and O–H groups in total. The number of hydrogen-bond acceptors (Lipinski definition) is 4. The summed E-state index contributed by atoms with van der Waals surface area (Å²) in [5.41, 5.74) is 4.58. The number of aromatic nitrogens is 2. The lowest BCUT2D eigenvalue weighted by Crippen LogP contribution is -2.16. The second-order valence-electron chi connectivity index (χ2n) is 9.35. The maximum Gasteiger partial charge on any atom is 0.248 e. The Bertz CT molecular complexity index is 968. The summed E-state index contributed by atoms with van der Waals surface area (Å²) < 4.78 is 11.1. The molecular formula is C25H30N2O2. The van der Waals surface area contributed by atoms with Crippen LogP contribution in [0.2, 0.25) is 0 Å². The lowest BCUT2D eigenvalue weighted by molar-refractivity contribution is 0.415. The van der Waals surface area contributed by atoms with Gasteiger partial charge in [0.1, 0.15) is 5.75 Å². The van der Waals surface area contributed by atoms with Gasteiger partial charge >= 0.3 is 0 Å². The van der Waals surface area contributed by atoms with E-state index in [1.807, 2.05) is 36.4 Å². The molecule has 1 heterocycles. The van der Waals surface area contributed by atoms with Crippen molar-refractivity contribution >= 4 is 12.2 Å². The second kappa shape index (κ2) is 7.86. The molecule has 3 aromatic rings. The van der Waals surface area contributed by atoms with E-state index in [0.29, 0.717) is 11.8 Å². The van der Waals surface area contributed by atoms with E-state index in [2.05, 4.69) is 69.9 Å². The molecule has 0 aliphatic carbocycles. The molecule has 0 amide bonds. The molecule has 2 aromatic carbocycles. The van der Waals surface area contributed by atoms with Gasteiger partial charge in [-0.3, -0.25) is 0 Å². The van der Waals surface area contributed by atoms with Crippen LogP contribution in [-0.2, 0) is 10.8 Å². The fourth-order valence-electron chi connectivity index (χ4n) is 2.92. The highest BCUT2D eigenvalue weighted by atomic mass is 16.5. The average molecular weight is 391 g/mol. The number of benzene rings is 2. The third-order valence-electron chi connectivity index (χ3n) is 4.89. The summed E-state index contributed by atoms with van der Waals surface area (Å²) in [6.45, 7) is 13.3. The van der Waals surface area contributed by atoms with E-state index in [-0.39, 0.29) is 10.8 Å². The van der Waals surface area contributed by atoms with E-state index in [0.717, 1.165) is 16.9 Å². The zero-order valence-corrected chi connectivity index (χ0v) is 18.4. The third-order valence-corrected chi connectivity index (χ3v) is 4.89. The van der Waals surface area contributed by atoms with Gasteiger partial charge < -0.3 is 9.15 Å². The van der Waals surface area contributed by atoms with Crippen LogP contribution in [0.3, 0.4) is 0 Å². The van der Waals surface area contributed by atoms with Gasteiger partial charge in [0.15, 0.2) is 0 Å². The van der Waals surface area contributed by atoms with Crippen molar-refractivity contribution in [3.05, 3.63) is 65.0 Å². The molecule has 29 heavy (non-hydrogen) atoms. The van der Waals surface area contributed by atoms with Crippen molar-refractivity contribution in [1.82, 2.24) is 10.2 Å². The molecule has 4 nitrogen and oxygen atoms in total. The Kier molecular flexibility index (Phi) is 5.65. The molecule has 1 aromatic heterocycles. The summed E-state index contributed by atoms with van der Waals surface area (Å²) in [7, 11) is 1.66. The van der Waals surface area contributed by atoms with Crippen molar-refractivity contribution in [3.63, 3.8) is 0 Å². The van der Waals surface area contributed by atoms with Crippen LogP contribution in [0.4, 0.5) is 0 Å². The molecule has 3 rings (SSSR count). The average Bonchev–Trinajstić information content (AvgIpc) is 3.14. The summed E-state index contributed by atoms with van der Waals surface area (Å²) in [6.07, 6.45) is 3.78. The Labute approximate surface area is 173 Å². The Hall–Kier alpha value is -2.88. The number of nitrogens with zero attached hydrogens (tertiary/aromatic N) is 2. The minimum absolute atomic E-state index is 0.0349. The van der Waals surface area contributed by atoms with Gasteiger partial charge in [-0.2, -0.15) is 0 Å². The van der Waals surface area contributed by atoms with Gasteiger partial charge in [0.2, 0.25) is 11.8 Å². The molecule has 0 atom stereocenters. The van der Waals surface area contributed by atoms with E-state index >= 15 is 0 Å². The number of hydrogen-bond donors (Lipinski definition) is 0. The molecular weight excluding hydrogens is 360 g/mol. The first-order valence-corrected chi connectivity index (χ1v) is 9.88. The predicted molar refractivity (Wildman–Crippen MR) is 119 cm³/mol. The van der Waals surface area contributed by atoms with E-state index in [1.165, 1.54) is 11.1 Å². The highest BCUT2D eigenvalue weighted by molar-refractivity contribution is 5.67. The first kappa shape index (κ1) is 20.8. The summed E-state index contributed by atoms with van der Waals surface area (Å²) in [5, 5.41) is 8.48. The van der Waals surface area contributed by atoms with Crippen LogP contribution in [0.25, 0.3) is 23.6 Å². The van der Waals surface area contributed by atoms with Gasteiger partial charge in [-0.1, -0.05) is 59.7 Å². The van der Waals surface area contributed by atoms with Crippen LogP contribution in [0, 0.1) is 0 Å². The van der Waals surface area contributed by atoms with Crippen LogP contribution in [0.5, 0.6) is 5.75 Å². The quantitative estimate of drug-likeness (QED) is 0.509. The Morgan fingerprint density at radius 2 is 1.38 bits per heavy atom. The minimum Gasteiger partial charge on any atom is -0.497 e. The fraction of sp³-hybridized carbons (Fsp3) is 0.360. The second-order valence-corrected chi connectivity index (χ2v) is 9.35. The fourth-order valence-corrected chi connectivity index (χ4v) is 2.92. The molecule has 0 unspecified atom stereocenters. The van der Waals surface area contributed by atoms with Crippen molar-refractivity contribution in [1.29, 1.82) is 0 Å². The van der Waals surface area contributed by atoms with Crippen molar-refractivity contribution < 1.29 is 9.15 Å². The normalized spacial score (nSPS) is 12.5. The van der Waals surface area contributed by atoms with Gasteiger partial charge in [0, 0.05) is 11.6 Å². The largest absolute Gasteiger partial charge is 0.497 e. The van der Waals surface area contributed by atoms with Gasteiger partial charge in [0.25, 0.3) is 0 Å². The monoisotopic (exact) mass is 390 g/mol. The van der Waals surface area contributed by atoms with Crippen molar-refractivity contribution in [2.24, 2.45) is 0 Å². The van der Waals surface area contributed by atoms with Gasteiger partial charge in [0.05, 0.1) is 7.11 Å². The molecule has 0 radical (unpaired) electrons. The molecule has 0 saturated heterocycles. The van der Waals surface area contributed by atoms with E-state index < -0.39 is 0 Å². The Balaban J connectivity index is 1.91. The van der Waals surface area contributed by atoms with Gasteiger partial charge in [-0.05, 0) is 57.9 Å². The first-order valence-electron chi connectivity index (χ1n) is 9.88. The Morgan fingerprint density at radius 1 is 0.793 bits per heavy atom. The van der Waals surface area contributed by atoms with Crippen molar-refractivity contribution in [2.45, 2.75) is 52.4 Å². The van der Waals surface area contributed by atoms with Crippen LogP contribution in [-0.4, -0.2) is 17.3 Å². The summed E-state index contributed by atoms with van der Waals surface area (Å²) >= 11 is 0. The molecule has 0 aliphatic heterocycles. The number of ether oxygens (including phenoxy) is 1. The number of rotatable bonds is 4. The van der Waals surface area contributed by atoms with Gasteiger partial charge in [-0.15, -0.1) is 10.2 Å². The molecule has 0 bridgehead atoms. The molecule has 4 heteroatoms. The molecule has 0 spiro atoms. The van der Waals surface area contributed by atoms with Crippen LogP contribution in [0.15, 0.2) is 46.9 Å². The molecule has 0 fully saturated rings. The predicted octanol–water partition coefficient (Wildman–Crippen LogP) is 6.51. The molecule has 152 valence electrons. The van der Waals surface area contributed by atoms with E-state index in [9.17, 15) is 0 Å². The summed E-state index contributed by atoms with van der Waals surface area (Å²) in [6, 6.07) is 14.4. The SMILES string of the molecule is COc1ccc(/C=C/c2nnc(-c3cc(C(C)(C)C)cc(C(C)(C)C)c3)o2)cc1.